The Morgan fingerprint density at radius 1 is 1.12 bits per heavy atom. The van der Waals surface area contributed by atoms with Crippen molar-refractivity contribution in [1.29, 1.82) is 0 Å². The summed E-state index contributed by atoms with van der Waals surface area (Å²) in [4.78, 5) is 0. The van der Waals surface area contributed by atoms with Gasteiger partial charge in [-0.2, -0.15) is 0 Å². The second kappa shape index (κ2) is 3.75. The zero-order valence-corrected chi connectivity index (χ0v) is 9.46. The molecular weight excluding hydrogens is 238 g/mol. The first-order valence-electron chi connectivity index (χ1n) is 5.05. The fourth-order valence-electron chi connectivity index (χ4n) is 1.71. The number of phenolic OH excluding ortho intramolecular Hbond substituents is 1. The first-order valence-corrected chi connectivity index (χ1v) is 5.43. The van der Waals surface area contributed by atoms with Crippen LogP contribution in [0.1, 0.15) is 0 Å². The largest absolute Gasteiger partial charge is 0.506 e. The van der Waals surface area contributed by atoms with E-state index in [-0.39, 0.29) is 5.75 Å². The minimum Gasteiger partial charge on any atom is -0.506 e. The molecule has 3 rings (SSSR count). The summed E-state index contributed by atoms with van der Waals surface area (Å²) in [6, 6.07) is 12.3. The summed E-state index contributed by atoms with van der Waals surface area (Å²) >= 11 is 5.94. The van der Waals surface area contributed by atoms with Crippen LogP contribution in [0.25, 0.3) is 16.7 Å². The third-order valence-electron chi connectivity index (χ3n) is 2.52. The lowest BCUT2D eigenvalue weighted by Crippen LogP contribution is -1.96. The number of benzene rings is 2. The molecule has 0 saturated carbocycles. The maximum absolute atomic E-state index is 9.79. The number of phenols is 1. The van der Waals surface area contributed by atoms with E-state index >= 15 is 0 Å². The zero-order chi connectivity index (χ0) is 11.8. The Hall–Kier alpha value is -2.07. The molecule has 1 aromatic heterocycles. The lowest BCUT2D eigenvalue weighted by Gasteiger charge is -2.04. The molecular formula is C12H8ClN3O. The van der Waals surface area contributed by atoms with Crippen LogP contribution < -0.4 is 0 Å². The Labute approximate surface area is 102 Å². The maximum atomic E-state index is 9.79. The lowest BCUT2D eigenvalue weighted by atomic mass is 10.2. The number of fused-ring (bicyclic) bond motifs is 1. The van der Waals surface area contributed by atoms with Crippen LogP contribution in [0, 0.1) is 0 Å². The van der Waals surface area contributed by atoms with Crippen molar-refractivity contribution >= 4 is 22.6 Å². The number of rotatable bonds is 1. The third-order valence-corrected chi connectivity index (χ3v) is 2.75. The summed E-state index contributed by atoms with van der Waals surface area (Å²) < 4.78 is 1.57. The van der Waals surface area contributed by atoms with E-state index in [0.717, 1.165) is 11.0 Å². The molecule has 84 valence electrons. The highest BCUT2D eigenvalue weighted by molar-refractivity contribution is 6.31. The molecule has 0 saturated heterocycles. The van der Waals surface area contributed by atoms with Gasteiger partial charge in [-0.15, -0.1) is 5.10 Å². The van der Waals surface area contributed by atoms with Gasteiger partial charge < -0.3 is 5.11 Å². The van der Waals surface area contributed by atoms with Crippen molar-refractivity contribution in [1.82, 2.24) is 15.0 Å². The van der Waals surface area contributed by atoms with Crippen LogP contribution in [0.2, 0.25) is 5.02 Å². The molecule has 0 unspecified atom stereocenters. The maximum Gasteiger partial charge on any atom is 0.141 e. The van der Waals surface area contributed by atoms with Gasteiger partial charge in [0.05, 0.1) is 5.52 Å². The molecule has 0 aliphatic heterocycles. The highest BCUT2D eigenvalue weighted by atomic mass is 35.5. The standard InChI is InChI=1S/C12H8ClN3O/c13-8-5-6-9-11(7-8)16(15-14-9)10-3-1-2-4-12(10)17/h1-7,17H. The zero-order valence-electron chi connectivity index (χ0n) is 8.71. The fourth-order valence-corrected chi connectivity index (χ4v) is 1.88. The quantitative estimate of drug-likeness (QED) is 0.717. The predicted molar refractivity (Wildman–Crippen MR) is 65.5 cm³/mol. The molecule has 1 N–H and O–H groups in total. The van der Waals surface area contributed by atoms with Crippen molar-refractivity contribution in [3.63, 3.8) is 0 Å². The number of hydrogen-bond donors (Lipinski definition) is 1. The molecule has 3 aromatic rings. The van der Waals surface area contributed by atoms with E-state index < -0.39 is 0 Å². The molecule has 0 radical (unpaired) electrons. The van der Waals surface area contributed by atoms with E-state index in [1.807, 2.05) is 6.07 Å². The van der Waals surface area contributed by atoms with Gasteiger partial charge in [0.2, 0.25) is 0 Å². The smallest absolute Gasteiger partial charge is 0.141 e. The second-order valence-corrected chi connectivity index (χ2v) is 4.06. The number of nitrogens with zero attached hydrogens (tertiary/aromatic N) is 3. The van der Waals surface area contributed by atoms with E-state index in [2.05, 4.69) is 10.3 Å². The normalized spacial score (nSPS) is 10.9. The van der Waals surface area contributed by atoms with Crippen molar-refractivity contribution < 1.29 is 5.11 Å². The van der Waals surface area contributed by atoms with Gasteiger partial charge in [0, 0.05) is 5.02 Å². The highest BCUT2D eigenvalue weighted by Gasteiger charge is 2.09. The van der Waals surface area contributed by atoms with Gasteiger partial charge in [0.25, 0.3) is 0 Å². The van der Waals surface area contributed by atoms with E-state index in [1.54, 1.807) is 41.1 Å². The average Bonchev–Trinajstić information content (AvgIpc) is 2.72. The number of halogens is 1. The number of hydrogen-bond acceptors (Lipinski definition) is 3. The van der Waals surface area contributed by atoms with E-state index in [1.165, 1.54) is 0 Å². The summed E-state index contributed by atoms with van der Waals surface area (Å²) in [5.41, 5.74) is 2.08. The topological polar surface area (TPSA) is 50.9 Å². The van der Waals surface area contributed by atoms with Crippen molar-refractivity contribution in [2.45, 2.75) is 0 Å². The van der Waals surface area contributed by atoms with Gasteiger partial charge in [0.15, 0.2) is 0 Å². The first kappa shape index (κ1) is 10.1. The van der Waals surface area contributed by atoms with Gasteiger partial charge in [0.1, 0.15) is 17.0 Å². The summed E-state index contributed by atoms with van der Waals surface area (Å²) in [7, 11) is 0. The van der Waals surface area contributed by atoms with E-state index in [4.69, 9.17) is 11.6 Å². The number of aromatic hydroxyl groups is 1. The van der Waals surface area contributed by atoms with Gasteiger partial charge in [-0.05, 0) is 30.3 Å². The SMILES string of the molecule is Oc1ccccc1-n1nnc2ccc(Cl)cc21. The Kier molecular flexibility index (Phi) is 2.23. The number of aromatic nitrogens is 3. The molecule has 4 nitrogen and oxygen atoms in total. The molecule has 0 aliphatic rings. The number of para-hydroxylation sites is 2. The predicted octanol–water partition coefficient (Wildman–Crippen LogP) is 2.78. The van der Waals surface area contributed by atoms with Crippen LogP contribution >= 0.6 is 11.6 Å². The molecule has 5 heteroatoms. The summed E-state index contributed by atoms with van der Waals surface area (Å²) in [6.45, 7) is 0. The monoisotopic (exact) mass is 245 g/mol. The Bertz CT molecular complexity index is 693. The van der Waals surface area contributed by atoms with Gasteiger partial charge in [-0.25, -0.2) is 4.68 Å². The van der Waals surface area contributed by atoms with Gasteiger partial charge in [-0.3, -0.25) is 0 Å². The Balaban J connectivity index is 2.31. The van der Waals surface area contributed by atoms with Crippen molar-refractivity contribution in [2.24, 2.45) is 0 Å². The van der Waals surface area contributed by atoms with Gasteiger partial charge >= 0.3 is 0 Å². The van der Waals surface area contributed by atoms with Crippen LogP contribution in [0.15, 0.2) is 42.5 Å². The van der Waals surface area contributed by atoms with Crippen molar-refractivity contribution in [3.8, 4) is 11.4 Å². The summed E-state index contributed by atoms with van der Waals surface area (Å²) in [5, 5.41) is 18.4. The molecule has 0 fully saturated rings. The average molecular weight is 246 g/mol. The van der Waals surface area contributed by atoms with Crippen molar-refractivity contribution in [2.75, 3.05) is 0 Å². The van der Waals surface area contributed by atoms with E-state index in [0.29, 0.717) is 10.7 Å². The Morgan fingerprint density at radius 2 is 1.94 bits per heavy atom. The molecule has 1 heterocycles. The van der Waals surface area contributed by atoms with Crippen molar-refractivity contribution in [3.05, 3.63) is 47.5 Å². The van der Waals surface area contributed by atoms with Crippen LogP contribution in [-0.4, -0.2) is 20.1 Å². The minimum atomic E-state index is 0.152. The van der Waals surface area contributed by atoms with Gasteiger partial charge in [-0.1, -0.05) is 28.9 Å². The second-order valence-electron chi connectivity index (χ2n) is 3.62. The van der Waals surface area contributed by atoms with Crippen LogP contribution in [-0.2, 0) is 0 Å². The lowest BCUT2D eigenvalue weighted by molar-refractivity contribution is 0.470. The molecule has 17 heavy (non-hydrogen) atoms. The molecule has 0 spiro atoms. The van der Waals surface area contributed by atoms with E-state index in [9.17, 15) is 5.11 Å². The fraction of sp³-hybridized carbons (Fsp3) is 0. The Morgan fingerprint density at radius 3 is 2.76 bits per heavy atom. The summed E-state index contributed by atoms with van der Waals surface area (Å²) in [6.07, 6.45) is 0. The first-order chi connectivity index (χ1) is 8.25. The molecule has 0 bridgehead atoms. The summed E-state index contributed by atoms with van der Waals surface area (Å²) in [5.74, 6) is 0.152. The van der Waals surface area contributed by atoms with Crippen LogP contribution in [0.5, 0.6) is 5.75 Å². The molecule has 0 amide bonds. The minimum absolute atomic E-state index is 0.152. The molecule has 2 aromatic carbocycles. The van der Waals surface area contributed by atoms with Crippen LogP contribution in [0.3, 0.4) is 0 Å². The molecule has 0 atom stereocenters. The van der Waals surface area contributed by atoms with Crippen LogP contribution in [0.4, 0.5) is 0 Å². The highest BCUT2D eigenvalue weighted by Crippen LogP contribution is 2.25. The third kappa shape index (κ3) is 1.62. The molecule has 0 aliphatic carbocycles.